The number of imidazole rings is 1. The lowest BCUT2D eigenvalue weighted by atomic mass is 9.75. The van der Waals surface area contributed by atoms with E-state index in [1.807, 2.05) is 49.0 Å². The second-order valence-electron chi connectivity index (χ2n) is 12.2. The number of fused-ring (bicyclic) bond motifs is 2. The van der Waals surface area contributed by atoms with Gasteiger partial charge in [-0.15, -0.1) is 0 Å². The Balaban J connectivity index is 1.24. The molecule has 2 aromatic carbocycles. The van der Waals surface area contributed by atoms with E-state index in [0.29, 0.717) is 22.8 Å². The molecule has 0 spiro atoms. The predicted octanol–water partition coefficient (Wildman–Crippen LogP) is 4.88. The van der Waals surface area contributed by atoms with Crippen molar-refractivity contribution < 1.29 is 14.7 Å². The first kappa shape index (κ1) is 28.1. The minimum absolute atomic E-state index is 0.141. The Hall–Kier alpha value is -4.73. The van der Waals surface area contributed by atoms with Gasteiger partial charge in [0.05, 0.1) is 22.3 Å². The molecule has 1 amide bonds. The van der Waals surface area contributed by atoms with Gasteiger partial charge in [-0.05, 0) is 79.5 Å². The zero-order chi connectivity index (χ0) is 30.6. The quantitative estimate of drug-likeness (QED) is 0.208. The number of carbonyl (C=O) groups is 2. The summed E-state index contributed by atoms with van der Waals surface area (Å²) >= 11 is 0. The SMILES string of the molecule is [B]c1cnc(-c2c(C3CCCC3)c3ccc(C(=O)NC4(c5nc6ccc(/C=C/C(=O)O)cc6n5C)CCC4)cc3n2C)nc1. The van der Waals surface area contributed by atoms with Gasteiger partial charge < -0.3 is 19.6 Å². The minimum atomic E-state index is -0.995. The number of amides is 1. The molecular weight excluding hydrogens is 551 g/mol. The highest BCUT2D eigenvalue weighted by atomic mass is 16.4. The van der Waals surface area contributed by atoms with Crippen LogP contribution < -0.4 is 10.8 Å². The van der Waals surface area contributed by atoms with E-state index in [0.717, 1.165) is 77.2 Å². The van der Waals surface area contributed by atoms with Crippen molar-refractivity contribution in [2.45, 2.75) is 56.4 Å². The number of aliphatic carboxylic acids is 1. The van der Waals surface area contributed by atoms with Crippen LogP contribution in [0.1, 0.15) is 78.2 Å². The molecule has 220 valence electrons. The van der Waals surface area contributed by atoms with E-state index in [4.69, 9.17) is 17.9 Å². The number of carboxylic acid groups (broad SMARTS) is 1. The Bertz CT molecular complexity index is 1960. The van der Waals surface area contributed by atoms with Gasteiger partial charge in [0.25, 0.3) is 5.91 Å². The molecule has 2 aliphatic carbocycles. The molecule has 0 saturated heterocycles. The first-order chi connectivity index (χ1) is 21.2. The van der Waals surface area contributed by atoms with Crippen LogP contribution in [0, 0.1) is 0 Å². The van der Waals surface area contributed by atoms with E-state index >= 15 is 0 Å². The number of hydrogen-bond acceptors (Lipinski definition) is 5. The average molecular weight is 584 g/mol. The summed E-state index contributed by atoms with van der Waals surface area (Å²) in [6, 6.07) is 11.6. The van der Waals surface area contributed by atoms with E-state index in [2.05, 4.69) is 25.9 Å². The van der Waals surface area contributed by atoms with Crippen LogP contribution >= 0.6 is 0 Å². The predicted molar refractivity (Wildman–Crippen MR) is 171 cm³/mol. The molecule has 2 aliphatic rings. The Morgan fingerprint density at radius 1 is 1.00 bits per heavy atom. The summed E-state index contributed by atoms with van der Waals surface area (Å²) in [5, 5.41) is 13.5. The highest BCUT2D eigenvalue weighted by Gasteiger charge is 2.44. The van der Waals surface area contributed by atoms with Crippen molar-refractivity contribution >= 4 is 53.2 Å². The van der Waals surface area contributed by atoms with Crippen molar-refractivity contribution in [3.63, 3.8) is 0 Å². The van der Waals surface area contributed by atoms with Crippen LogP contribution in [0.25, 0.3) is 39.5 Å². The maximum atomic E-state index is 13.9. The smallest absolute Gasteiger partial charge is 0.328 e. The van der Waals surface area contributed by atoms with Crippen molar-refractivity contribution in [3.8, 4) is 11.5 Å². The molecule has 0 unspecified atom stereocenters. The topological polar surface area (TPSA) is 115 Å². The number of rotatable bonds is 7. The van der Waals surface area contributed by atoms with Gasteiger partial charge in [-0.1, -0.05) is 30.4 Å². The van der Waals surface area contributed by atoms with Crippen LogP contribution in [0.3, 0.4) is 0 Å². The van der Waals surface area contributed by atoms with Crippen molar-refractivity contribution in [1.29, 1.82) is 0 Å². The van der Waals surface area contributed by atoms with Gasteiger partial charge in [0.15, 0.2) is 5.82 Å². The van der Waals surface area contributed by atoms with Gasteiger partial charge in [-0.3, -0.25) is 4.79 Å². The average Bonchev–Trinajstić information content (AvgIpc) is 3.71. The molecule has 5 aromatic rings. The number of aromatic nitrogens is 5. The monoisotopic (exact) mass is 584 g/mol. The Labute approximate surface area is 256 Å². The molecule has 3 heterocycles. The number of carboxylic acids is 1. The number of benzene rings is 2. The van der Waals surface area contributed by atoms with Crippen LogP contribution in [-0.2, 0) is 24.4 Å². The fraction of sp³-hybridized carbons (Fsp3) is 0.324. The molecule has 0 atom stereocenters. The van der Waals surface area contributed by atoms with Crippen LogP contribution in [0.15, 0.2) is 54.9 Å². The number of nitrogens with zero attached hydrogens (tertiary/aromatic N) is 5. The van der Waals surface area contributed by atoms with Crippen molar-refractivity contribution in [1.82, 2.24) is 29.4 Å². The maximum absolute atomic E-state index is 13.9. The summed E-state index contributed by atoms with van der Waals surface area (Å²) in [5.74, 6) is 0.730. The van der Waals surface area contributed by atoms with Crippen LogP contribution in [0.5, 0.6) is 0 Å². The lowest BCUT2D eigenvalue weighted by Gasteiger charge is -2.41. The summed E-state index contributed by atoms with van der Waals surface area (Å²) < 4.78 is 4.13. The van der Waals surface area contributed by atoms with Gasteiger partial charge >= 0.3 is 5.97 Å². The first-order valence-electron chi connectivity index (χ1n) is 15.1. The zero-order valence-electron chi connectivity index (χ0n) is 24.9. The molecule has 2 radical (unpaired) electrons. The first-order valence-corrected chi connectivity index (χ1v) is 15.1. The van der Waals surface area contributed by atoms with Gasteiger partial charge in [-0.2, -0.15) is 0 Å². The third-order valence-corrected chi connectivity index (χ3v) is 9.46. The number of hydrogen-bond donors (Lipinski definition) is 2. The van der Waals surface area contributed by atoms with E-state index in [1.54, 1.807) is 18.5 Å². The van der Waals surface area contributed by atoms with Gasteiger partial charge in [0.2, 0.25) is 0 Å². The summed E-state index contributed by atoms with van der Waals surface area (Å²) in [6.07, 6.45) is 13.2. The molecule has 44 heavy (non-hydrogen) atoms. The zero-order valence-corrected chi connectivity index (χ0v) is 24.9. The van der Waals surface area contributed by atoms with E-state index in [-0.39, 0.29) is 5.91 Å². The molecule has 2 saturated carbocycles. The maximum Gasteiger partial charge on any atom is 0.328 e. The molecular formula is C34H33BN6O3. The summed E-state index contributed by atoms with van der Waals surface area (Å²) in [7, 11) is 9.86. The minimum Gasteiger partial charge on any atom is -0.478 e. The summed E-state index contributed by atoms with van der Waals surface area (Å²) in [4.78, 5) is 39.0. The standard InChI is InChI=1S/C34H33BN6O3/c1-40-26-17-22(10-11-24(26)29(21-6-3-4-7-21)30(40)31-36-18-23(35)19-37-31)32(44)39-34(14-5-15-34)33-38-25-12-8-20(9-13-28(42)43)16-27(25)41(33)2/h8-13,16-19,21H,3-7,14-15H2,1-2H3,(H,39,44)(H,42,43)/b13-9+. The van der Waals surface area contributed by atoms with Crippen LogP contribution in [0.4, 0.5) is 0 Å². The Kier molecular flexibility index (Phi) is 6.87. The second kappa shape index (κ2) is 10.8. The third-order valence-electron chi connectivity index (χ3n) is 9.46. The molecule has 2 N–H and O–H groups in total. The number of carbonyl (C=O) groups excluding carboxylic acids is 1. The largest absolute Gasteiger partial charge is 0.478 e. The lowest BCUT2D eigenvalue weighted by molar-refractivity contribution is -0.131. The molecule has 10 heteroatoms. The Morgan fingerprint density at radius 3 is 2.43 bits per heavy atom. The molecule has 7 rings (SSSR count). The van der Waals surface area contributed by atoms with Crippen molar-refractivity contribution in [3.05, 3.63) is 77.4 Å². The van der Waals surface area contributed by atoms with Gasteiger partial charge in [-0.25, -0.2) is 19.7 Å². The van der Waals surface area contributed by atoms with E-state index in [1.165, 1.54) is 18.4 Å². The van der Waals surface area contributed by atoms with Gasteiger partial charge in [0, 0.05) is 49.0 Å². The number of nitrogens with one attached hydrogen (secondary N) is 1. The lowest BCUT2D eigenvalue weighted by Crippen LogP contribution is -2.52. The fourth-order valence-corrected chi connectivity index (χ4v) is 7.10. The van der Waals surface area contributed by atoms with Crippen molar-refractivity contribution in [2.75, 3.05) is 0 Å². The molecule has 2 fully saturated rings. The van der Waals surface area contributed by atoms with Crippen LogP contribution in [0.2, 0.25) is 0 Å². The van der Waals surface area contributed by atoms with Crippen LogP contribution in [-0.4, -0.2) is 48.9 Å². The Morgan fingerprint density at radius 2 is 1.75 bits per heavy atom. The highest BCUT2D eigenvalue weighted by molar-refractivity contribution is 6.31. The molecule has 9 nitrogen and oxygen atoms in total. The molecule has 0 bridgehead atoms. The molecule has 3 aromatic heterocycles. The van der Waals surface area contributed by atoms with Crippen molar-refractivity contribution in [2.24, 2.45) is 14.1 Å². The second-order valence-corrected chi connectivity index (χ2v) is 12.2. The van der Waals surface area contributed by atoms with E-state index in [9.17, 15) is 9.59 Å². The molecule has 0 aliphatic heterocycles. The summed E-state index contributed by atoms with van der Waals surface area (Å²) in [5.41, 5.74) is 6.21. The summed E-state index contributed by atoms with van der Waals surface area (Å²) in [6.45, 7) is 0. The fourth-order valence-electron chi connectivity index (χ4n) is 7.10. The normalized spacial score (nSPS) is 16.6. The highest BCUT2D eigenvalue weighted by Crippen LogP contribution is 2.45. The number of aryl methyl sites for hydroxylation is 2. The van der Waals surface area contributed by atoms with E-state index < -0.39 is 11.5 Å². The van der Waals surface area contributed by atoms with Gasteiger partial charge in [0.1, 0.15) is 13.7 Å². The third kappa shape index (κ3) is 4.69.